The second-order valence-corrected chi connectivity index (χ2v) is 22.5. The Kier molecular flexibility index (Phi) is 13.2. The summed E-state index contributed by atoms with van der Waals surface area (Å²) in [4.78, 5) is 9.64. The molecule has 0 radical (unpaired) electrons. The van der Waals surface area contributed by atoms with Gasteiger partial charge in [-0.1, -0.05) is 243 Å². The number of benzene rings is 16. The maximum Gasteiger partial charge on any atom is 0.0540 e. The molecular weight excluding hydrogens is 1060 g/mol. The highest BCUT2D eigenvalue weighted by Gasteiger charge is 2.23. The normalized spacial score (nSPS) is 11.4. The third-order valence-corrected chi connectivity index (χ3v) is 17.4. The molecule has 16 aromatic rings. The zero-order chi connectivity index (χ0) is 58.3. The van der Waals surface area contributed by atoms with Crippen molar-refractivity contribution in [1.29, 1.82) is 0 Å². The molecular formula is C84H58N4. The standard InChI is InChI=1S/C84H58N4/c1-7-31-73-61(19-1)25-13-37-79(73)85(69-51-55-71(56-52-69)87(81-39-15-27-63-21-3-9-33-75(63)81)82-40-16-28-64-22-4-10-34-76(64)82)67-47-43-59(44-48-67)60-45-49-68(50-46-60)86(80-38-14-26-62-20-2-8-32-74(62)80)70-53-57-72(58-54-70)88(83-41-17-29-65-23-5-11-35-77(65)83)84-42-18-30-66-24-6-12-36-78(66)84/h1-58H. The highest BCUT2D eigenvalue weighted by atomic mass is 15.2. The van der Waals surface area contributed by atoms with Crippen molar-refractivity contribution in [1.82, 2.24) is 0 Å². The van der Waals surface area contributed by atoms with Gasteiger partial charge >= 0.3 is 0 Å². The molecule has 414 valence electrons. The van der Waals surface area contributed by atoms with E-state index in [4.69, 9.17) is 0 Å². The van der Waals surface area contributed by atoms with Gasteiger partial charge in [-0.05, 0) is 153 Å². The van der Waals surface area contributed by atoms with Crippen molar-refractivity contribution >= 4 is 133 Å². The molecule has 0 aliphatic rings. The average Bonchev–Trinajstić information content (AvgIpc) is 1.41. The molecule has 4 heteroatoms. The van der Waals surface area contributed by atoms with E-state index in [1.54, 1.807) is 0 Å². The Morgan fingerprint density at radius 2 is 0.284 bits per heavy atom. The Bertz CT molecular complexity index is 4710. The Hall–Kier alpha value is -11.7. The molecule has 0 bridgehead atoms. The van der Waals surface area contributed by atoms with Crippen molar-refractivity contribution in [3.63, 3.8) is 0 Å². The molecule has 16 rings (SSSR count). The third kappa shape index (κ3) is 9.37. The summed E-state index contributed by atoms with van der Waals surface area (Å²) >= 11 is 0. The van der Waals surface area contributed by atoms with Crippen LogP contribution in [0.25, 0.3) is 75.8 Å². The van der Waals surface area contributed by atoms with Crippen molar-refractivity contribution in [2.75, 3.05) is 19.6 Å². The highest BCUT2D eigenvalue weighted by Crippen LogP contribution is 2.48. The van der Waals surface area contributed by atoms with E-state index < -0.39 is 0 Å². The lowest BCUT2D eigenvalue weighted by Gasteiger charge is -2.30. The molecule has 0 aliphatic heterocycles. The highest BCUT2D eigenvalue weighted by molar-refractivity contribution is 6.08. The number of fused-ring (bicyclic) bond motifs is 6. The van der Waals surface area contributed by atoms with E-state index in [-0.39, 0.29) is 0 Å². The number of hydrogen-bond donors (Lipinski definition) is 0. The van der Waals surface area contributed by atoms with Crippen molar-refractivity contribution in [2.24, 2.45) is 0 Å². The van der Waals surface area contributed by atoms with Crippen molar-refractivity contribution in [3.05, 3.63) is 352 Å². The van der Waals surface area contributed by atoms with E-state index >= 15 is 0 Å². The SMILES string of the molecule is c1ccc2c(N(c3ccc(-c4ccc(N(c5ccc(N(c6cccc7ccccc67)c6cccc7ccccc67)cc5)c5cccc6ccccc56)cc4)cc3)c3ccc(N(c4cccc5ccccc45)c4cccc5ccccc45)cc3)cccc2c1. The second kappa shape index (κ2) is 22.4. The summed E-state index contributed by atoms with van der Waals surface area (Å²) < 4.78 is 0. The molecule has 16 aromatic carbocycles. The molecule has 0 fully saturated rings. The molecule has 0 atom stereocenters. The van der Waals surface area contributed by atoms with Crippen LogP contribution in [0.4, 0.5) is 68.2 Å². The Balaban J connectivity index is 0.764. The largest absolute Gasteiger partial charge is 0.310 e. The zero-order valence-corrected chi connectivity index (χ0v) is 48.3. The summed E-state index contributed by atoms with van der Waals surface area (Å²) in [6.45, 7) is 0. The molecule has 0 aliphatic carbocycles. The summed E-state index contributed by atoms with van der Waals surface area (Å²) in [5.41, 5.74) is 15.4. The van der Waals surface area contributed by atoms with Crippen LogP contribution in [0, 0.1) is 0 Å². The Labute approximate surface area is 512 Å². The summed E-state index contributed by atoms with van der Waals surface area (Å²) in [6.07, 6.45) is 0. The van der Waals surface area contributed by atoms with Crippen molar-refractivity contribution in [3.8, 4) is 11.1 Å². The van der Waals surface area contributed by atoms with Crippen LogP contribution in [0.15, 0.2) is 352 Å². The Morgan fingerprint density at radius 1 is 0.125 bits per heavy atom. The van der Waals surface area contributed by atoms with E-state index in [1.807, 2.05) is 0 Å². The minimum Gasteiger partial charge on any atom is -0.310 e. The van der Waals surface area contributed by atoms with Gasteiger partial charge in [0.1, 0.15) is 0 Å². The molecule has 0 unspecified atom stereocenters. The first-order chi connectivity index (χ1) is 43.7. The maximum absolute atomic E-state index is 2.42. The second-order valence-electron chi connectivity index (χ2n) is 22.5. The predicted molar refractivity (Wildman–Crippen MR) is 376 cm³/mol. The van der Waals surface area contributed by atoms with Crippen LogP contribution in [-0.4, -0.2) is 0 Å². The first-order valence-electron chi connectivity index (χ1n) is 30.1. The van der Waals surface area contributed by atoms with Gasteiger partial charge in [-0.2, -0.15) is 0 Å². The van der Waals surface area contributed by atoms with E-state index in [0.29, 0.717) is 0 Å². The monoisotopic (exact) mass is 1120 g/mol. The number of anilines is 12. The predicted octanol–water partition coefficient (Wildman–Crippen LogP) is 24.2. The minimum absolute atomic E-state index is 1.06. The van der Waals surface area contributed by atoms with Gasteiger partial charge in [-0.3, -0.25) is 0 Å². The molecule has 0 spiro atoms. The average molecular weight is 1120 g/mol. The molecule has 0 saturated carbocycles. The molecule has 0 heterocycles. The lowest BCUT2D eigenvalue weighted by Crippen LogP contribution is -2.13. The summed E-state index contributed by atoms with van der Waals surface area (Å²) in [6, 6.07) is 128. The molecule has 0 amide bonds. The Morgan fingerprint density at radius 3 is 0.500 bits per heavy atom. The van der Waals surface area contributed by atoms with Gasteiger partial charge in [0.15, 0.2) is 0 Å². The van der Waals surface area contributed by atoms with Gasteiger partial charge in [0, 0.05) is 66.4 Å². The van der Waals surface area contributed by atoms with Crippen LogP contribution in [0.2, 0.25) is 0 Å². The van der Waals surface area contributed by atoms with Crippen LogP contribution in [-0.2, 0) is 0 Å². The first-order valence-corrected chi connectivity index (χ1v) is 30.1. The number of hydrogen-bond acceptors (Lipinski definition) is 4. The van der Waals surface area contributed by atoms with Crippen LogP contribution in [0.5, 0.6) is 0 Å². The van der Waals surface area contributed by atoms with Crippen LogP contribution < -0.4 is 19.6 Å². The molecule has 88 heavy (non-hydrogen) atoms. The lowest BCUT2D eigenvalue weighted by atomic mass is 10.0. The third-order valence-electron chi connectivity index (χ3n) is 17.4. The molecule has 0 saturated heterocycles. The van der Waals surface area contributed by atoms with Crippen LogP contribution in [0.1, 0.15) is 0 Å². The topological polar surface area (TPSA) is 13.0 Å². The van der Waals surface area contributed by atoms with Crippen LogP contribution in [0.3, 0.4) is 0 Å². The van der Waals surface area contributed by atoms with Gasteiger partial charge < -0.3 is 19.6 Å². The fraction of sp³-hybridized carbons (Fsp3) is 0. The van der Waals surface area contributed by atoms with Crippen LogP contribution >= 0.6 is 0 Å². The molecule has 0 N–H and O–H groups in total. The van der Waals surface area contributed by atoms with E-state index in [2.05, 4.69) is 371 Å². The fourth-order valence-corrected chi connectivity index (χ4v) is 13.2. The zero-order valence-electron chi connectivity index (χ0n) is 48.3. The number of nitrogens with zero attached hydrogens (tertiary/aromatic N) is 4. The van der Waals surface area contributed by atoms with Gasteiger partial charge in [-0.15, -0.1) is 0 Å². The van der Waals surface area contributed by atoms with Gasteiger partial charge in [0.25, 0.3) is 0 Å². The van der Waals surface area contributed by atoms with E-state index in [0.717, 1.165) is 79.4 Å². The van der Waals surface area contributed by atoms with Gasteiger partial charge in [0.05, 0.1) is 34.1 Å². The number of rotatable bonds is 13. The van der Waals surface area contributed by atoms with Crippen molar-refractivity contribution < 1.29 is 0 Å². The summed E-state index contributed by atoms with van der Waals surface area (Å²) in [5, 5.41) is 14.3. The molecule has 4 nitrogen and oxygen atoms in total. The van der Waals surface area contributed by atoms with Crippen molar-refractivity contribution in [2.45, 2.75) is 0 Å². The van der Waals surface area contributed by atoms with Gasteiger partial charge in [-0.25, -0.2) is 0 Å². The minimum atomic E-state index is 1.06. The van der Waals surface area contributed by atoms with E-state index in [1.165, 1.54) is 64.6 Å². The van der Waals surface area contributed by atoms with Gasteiger partial charge in [0.2, 0.25) is 0 Å². The summed E-state index contributed by atoms with van der Waals surface area (Å²) in [7, 11) is 0. The summed E-state index contributed by atoms with van der Waals surface area (Å²) in [5.74, 6) is 0. The fourth-order valence-electron chi connectivity index (χ4n) is 13.2. The molecule has 0 aromatic heterocycles. The quantitative estimate of drug-likeness (QED) is 0.114. The maximum atomic E-state index is 2.42. The van der Waals surface area contributed by atoms with E-state index in [9.17, 15) is 0 Å². The smallest absolute Gasteiger partial charge is 0.0540 e. The lowest BCUT2D eigenvalue weighted by molar-refractivity contribution is 1.27. The first kappa shape index (κ1) is 51.9.